The minimum Gasteiger partial charge on any atom is -0.453 e. The van der Waals surface area contributed by atoms with Crippen molar-refractivity contribution in [2.75, 3.05) is 79.6 Å². The molecule has 1 N–H and O–H groups in total. The molecule has 4 heterocycles. The van der Waals surface area contributed by atoms with Gasteiger partial charge in [0.25, 0.3) is 0 Å². The summed E-state index contributed by atoms with van der Waals surface area (Å²) in [6.45, 7) is 5.57. The standard InChI is InChI=1S/C41H51FN4O8S/c1-50-16-17-52-20-21-53-19-18-51-15-14-46(40(49)28-47)32-9-12-45(13-10-32)27-31-4-6-35(44-26-31)39-25-36-41(55-39)38(8-11-43-36)54-37-7-5-30(24-34(37)42)23-33(48)22-29-2-3-29/h4-8,11,24-26,29,32,47H,2-3,9-10,12-23,27-28H2,1H3. The second-order valence-electron chi connectivity index (χ2n) is 14.0. The summed E-state index contributed by atoms with van der Waals surface area (Å²) in [5.41, 5.74) is 3.28. The topological polar surface area (TPSA) is 133 Å². The van der Waals surface area contributed by atoms with Gasteiger partial charge in [0.05, 0.1) is 67.0 Å². The number of thiophene rings is 1. The van der Waals surface area contributed by atoms with Crippen LogP contribution in [0.5, 0.6) is 11.5 Å². The zero-order valence-corrected chi connectivity index (χ0v) is 32.3. The number of pyridine rings is 2. The number of Topliss-reactive ketones (excluding diaryl/α,β-unsaturated/α-hetero) is 1. The fourth-order valence-corrected chi connectivity index (χ4v) is 7.72. The van der Waals surface area contributed by atoms with Crippen molar-refractivity contribution in [3.05, 3.63) is 71.8 Å². The molecule has 12 nitrogen and oxygen atoms in total. The Morgan fingerprint density at radius 1 is 0.891 bits per heavy atom. The lowest BCUT2D eigenvalue weighted by molar-refractivity contribution is -0.138. The Labute approximate surface area is 325 Å². The number of aliphatic hydroxyl groups excluding tert-OH is 1. The number of ketones is 1. The van der Waals surface area contributed by atoms with Crippen molar-refractivity contribution < 1.29 is 42.8 Å². The number of fused-ring (bicyclic) bond motifs is 1. The summed E-state index contributed by atoms with van der Waals surface area (Å²) in [4.78, 5) is 39.2. The van der Waals surface area contributed by atoms with E-state index in [0.29, 0.717) is 76.4 Å². The van der Waals surface area contributed by atoms with Crippen LogP contribution in [0.3, 0.4) is 0 Å². The van der Waals surface area contributed by atoms with Gasteiger partial charge in [-0.1, -0.05) is 12.1 Å². The number of benzene rings is 1. The lowest BCUT2D eigenvalue weighted by atomic mass is 10.0. The molecular weight excluding hydrogens is 728 g/mol. The largest absolute Gasteiger partial charge is 0.453 e. The molecule has 4 aromatic rings. The number of aliphatic hydroxyl groups is 1. The molecule has 0 atom stereocenters. The van der Waals surface area contributed by atoms with Crippen LogP contribution < -0.4 is 4.74 Å². The first kappa shape index (κ1) is 40.8. The number of amides is 1. The molecule has 1 aliphatic carbocycles. The molecule has 55 heavy (non-hydrogen) atoms. The van der Waals surface area contributed by atoms with Gasteiger partial charge in [0.1, 0.15) is 18.1 Å². The fraction of sp³-hybridized carbons (Fsp3) is 0.512. The zero-order valence-electron chi connectivity index (χ0n) is 31.5. The number of ether oxygens (including phenoxy) is 5. The van der Waals surface area contributed by atoms with Gasteiger partial charge >= 0.3 is 0 Å². The van der Waals surface area contributed by atoms with Crippen molar-refractivity contribution in [3.63, 3.8) is 0 Å². The molecule has 1 amide bonds. The number of rotatable bonds is 23. The number of carbonyl (C=O) groups excluding carboxylic acids is 2. The molecule has 2 aliphatic rings. The van der Waals surface area contributed by atoms with Gasteiger partial charge in [-0.2, -0.15) is 0 Å². The monoisotopic (exact) mass is 778 g/mol. The van der Waals surface area contributed by atoms with Crippen LogP contribution in [0.1, 0.15) is 43.2 Å². The number of methoxy groups -OCH3 is 1. The minimum absolute atomic E-state index is 0.0408. The van der Waals surface area contributed by atoms with E-state index in [0.717, 1.165) is 71.7 Å². The summed E-state index contributed by atoms with van der Waals surface area (Å²) in [6.07, 6.45) is 8.18. The van der Waals surface area contributed by atoms with Gasteiger partial charge < -0.3 is 33.7 Å². The van der Waals surface area contributed by atoms with Crippen molar-refractivity contribution >= 4 is 33.2 Å². The van der Waals surface area contributed by atoms with E-state index in [4.69, 9.17) is 28.7 Å². The number of hydrogen-bond donors (Lipinski definition) is 1. The zero-order chi connectivity index (χ0) is 38.4. The lowest BCUT2D eigenvalue weighted by Gasteiger charge is -2.38. The third-order valence-electron chi connectivity index (χ3n) is 9.80. The number of nitrogens with zero attached hydrogens (tertiary/aromatic N) is 4. The molecule has 0 radical (unpaired) electrons. The summed E-state index contributed by atoms with van der Waals surface area (Å²) in [5.74, 6) is 0.475. The van der Waals surface area contributed by atoms with Gasteiger partial charge in [-0.05, 0) is 67.0 Å². The molecule has 1 aliphatic heterocycles. The molecule has 0 unspecified atom stereocenters. The molecule has 0 bridgehead atoms. The fourth-order valence-electron chi connectivity index (χ4n) is 6.68. The van der Waals surface area contributed by atoms with E-state index in [2.05, 4.69) is 16.0 Å². The molecule has 6 rings (SSSR count). The van der Waals surface area contributed by atoms with Crippen LogP contribution in [0.25, 0.3) is 20.8 Å². The quantitative estimate of drug-likeness (QED) is 0.0933. The Balaban J connectivity index is 0.959. The van der Waals surface area contributed by atoms with E-state index < -0.39 is 12.4 Å². The maximum Gasteiger partial charge on any atom is 0.248 e. The number of piperidine rings is 1. The van der Waals surface area contributed by atoms with Crippen LogP contribution in [-0.2, 0) is 41.5 Å². The first-order chi connectivity index (χ1) is 26.9. The van der Waals surface area contributed by atoms with E-state index in [-0.39, 0.29) is 29.9 Å². The first-order valence-electron chi connectivity index (χ1n) is 19.1. The van der Waals surface area contributed by atoms with Crippen LogP contribution in [0.15, 0.2) is 54.9 Å². The van der Waals surface area contributed by atoms with Gasteiger partial charge in [-0.3, -0.25) is 24.5 Å². The molecule has 14 heteroatoms. The Morgan fingerprint density at radius 2 is 1.62 bits per heavy atom. The van der Waals surface area contributed by atoms with E-state index in [9.17, 15) is 14.7 Å². The van der Waals surface area contributed by atoms with Crippen LogP contribution >= 0.6 is 11.3 Å². The first-order valence-corrected chi connectivity index (χ1v) is 19.9. The molecule has 3 aromatic heterocycles. The van der Waals surface area contributed by atoms with Crippen molar-refractivity contribution in [1.29, 1.82) is 0 Å². The van der Waals surface area contributed by atoms with Crippen molar-refractivity contribution in [1.82, 2.24) is 19.8 Å². The maximum atomic E-state index is 15.1. The summed E-state index contributed by atoms with van der Waals surface area (Å²) < 4.78 is 43.4. The summed E-state index contributed by atoms with van der Waals surface area (Å²) in [6, 6.07) is 12.5. The highest BCUT2D eigenvalue weighted by Gasteiger charge is 2.28. The summed E-state index contributed by atoms with van der Waals surface area (Å²) >= 11 is 1.49. The third kappa shape index (κ3) is 12.3. The average Bonchev–Trinajstić information content (AvgIpc) is 3.90. The molecule has 1 aromatic carbocycles. The Bertz CT molecular complexity index is 1830. The molecule has 2 fully saturated rings. The Kier molecular flexibility index (Phi) is 15.5. The van der Waals surface area contributed by atoms with E-state index >= 15 is 4.39 Å². The number of hydrogen-bond acceptors (Lipinski definition) is 12. The second-order valence-corrected chi connectivity index (χ2v) is 15.1. The van der Waals surface area contributed by atoms with E-state index in [1.165, 1.54) is 17.4 Å². The number of halogens is 1. The van der Waals surface area contributed by atoms with Crippen LogP contribution in [0, 0.1) is 11.7 Å². The minimum atomic E-state index is -0.523. The van der Waals surface area contributed by atoms with Gasteiger partial charge in [-0.15, -0.1) is 11.3 Å². The van der Waals surface area contributed by atoms with Gasteiger partial charge in [0, 0.05) is 70.6 Å². The lowest BCUT2D eigenvalue weighted by Crippen LogP contribution is -2.49. The number of aromatic nitrogens is 2. The van der Waals surface area contributed by atoms with Crippen molar-refractivity contribution in [2.24, 2.45) is 5.92 Å². The second kappa shape index (κ2) is 20.9. The smallest absolute Gasteiger partial charge is 0.248 e. The Morgan fingerprint density at radius 3 is 2.29 bits per heavy atom. The van der Waals surface area contributed by atoms with Gasteiger partial charge in [-0.25, -0.2) is 4.39 Å². The van der Waals surface area contributed by atoms with E-state index in [1.807, 2.05) is 18.3 Å². The van der Waals surface area contributed by atoms with Crippen LogP contribution in [0.4, 0.5) is 4.39 Å². The summed E-state index contributed by atoms with van der Waals surface area (Å²) in [7, 11) is 1.63. The molecule has 1 saturated carbocycles. The van der Waals surface area contributed by atoms with Gasteiger partial charge in [0.2, 0.25) is 5.91 Å². The predicted molar refractivity (Wildman–Crippen MR) is 207 cm³/mol. The number of likely N-dealkylation sites (tertiary alicyclic amines) is 1. The Hall–Kier alpha value is -3.89. The van der Waals surface area contributed by atoms with Crippen molar-refractivity contribution in [2.45, 2.75) is 51.1 Å². The molecule has 296 valence electrons. The highest BCUT2D eigenvalue weighted by atomic mass is 32.1. The van der Waals surface area contributed by atoms with Crippen molar-refractivity contribution in [3.8, 4) is 22.1 Å². The maximum absolute atomic E-state index is 15.1. The van der Waals surface area contributed by atoms with Gasteiger partial charge in [0.15, 0.2) is 11.6 Å². The molecular formula is C41H51FN4O8S. The number of carbonyl (C=O) groups is 2. The predicted octanol–water partition coefficient (Wildman–Crippen LogP) is 5.68. The van der Waals surface area contributed by atoms with Crippen LogP contribution in [0.2, 0.25) is 0 Å². The normalized spacial score (nSPS) is 15.1. The molecule has 1 saturated heterocycles. The van der Waals surface area contributed by atoms with Crippen LogP contribution in [-0.4, -0.2) is 122 Å². The molecule has 0 spiro atoms. The summed E-state index contributed by atoms with van der Waals surface area (Å²) in [5, 5.41) is 9.62. The third-order valence-corrected chi connectivity index (χ3v) is 11.0. The average molecular weight is 779 g/mol. The SMILES string of the molecule is COCCOCCOCCOCCN(C(=O)CO)C1CCN(Cc2ccc(-c3cc4nccc(Oc5ccc(CC(=O)CC6CC6)cc5F)c4s3)nc2)CC1. The van der Waals surface area contributed by atoms with E-state index in [1.54, 1.807) is 36.4 Å². The highest BCUT2D eigenvalue weighted by molar-refractivity contribution is 7.22. The highest BCUT2D eigenvalue weighted by Crippen LogP contribution is 2.39.